The number of rotatable bonds is 4. The molecule has 1 amide bonds. The number of nitrogens with two attached hydrogens (primary N) is 1. The van der Waals surface area contributed by atoms with E-state index >= 15 is 0 Å². The van der Waals surface area contributed by atoms with Gasteiger partial charge in [-0.3, -0.25) is 4.79 Å². The van der Waals surface area contributed by atoms with E-state index in [1.165, 1.54) is 19.2 Å². The normalized spacial score (nSPS) is 10.2. The summed E-state index contributed by atoms with van der Waals surface area (Å²) >= 11 is 0. The van der Waals surface area contributed by atoms with Crippen LogP contribution in [0.4, 0.5) is 15.8 Å². The molecular formula is C16H17FN2O2. The summed E-state index contributed by atoms with van der Waals surface area (Å²) in [5.41, 5.74) is 7.32. The number of ether oxygens (including phenoxy) is 1. The van der Waals surface area contributed by atoms with Crippen molar-refractivity contribution in [2.75, 3.05) is 24.3 Å². The Bertz CT molecular complexity index is 641. The van der Waals surface area contributed by atoms with Gasteiger partial charge in [0.05, 0.1) is 12.8 Å². The first-order chi connectivity index (χ1) is 10.1. The van der Waals surface area contributed by atoms with E-state index in [0.29, 0.717) is 29.2 Å². The molecule has 2 rings (SSSR count). The van der Waals surface area contributed by atoms with Crippen molar-refractivity contribution in [3.63, 3.8) is 0 Å². The highest BCUT2D eigenvalue weighted by molar-refractivity contribution is 6.06. The smallest absolute Gasteiger partial charge is 0.258 e. The molecule has 4 nitrogen and oxygen atoms in total. The topological polar surface area (TPSA) is 55.6 Å². The lowest BCUT2D eigenvalue weighted by atomic mass is 10.1. The van der Waals surface area contributed by atoms with Crippen molar-refractivity contribution in [1.82, 2.24) is 0 Å². The molecule has 21 heavy (non-hydrogen) atoms. The zero-order valence-electron chi connectivity index (χ0n) is 12.0. The fourth-order valence-corrected chi connectivity index (χ4v) is 2.09. The standard InChI is InChI=1S/C16H17FN2O2/c1-3-19(13-7-5-12(17)6-8-13)16(20)11-4-9-15(21-2)14(18)10-11/h4-10H,3,18H2,1-2H3. The van der Waals surface area contributed by atoms with E-state index < -0.39 is 0 Å². The highest BCUT2D eigenvalue weighted by atomic mass is 19.1. The molecule has 2 N–H and O–H groups in total. The molecule has 0 bridgehead atoms. The molecule has 0 fully saturated rings. The van der Waals surface area contributed by atoms with E-state index in [0.717, 1.165) is 0 Å². The monoisotopic (exact) mass is 288 g/mol. The first-order valence-corrected chi connectivity index (χ1v) is 6.57. The van der Waals surface area contributed by atoms with Gasteiger partial charge in [-0.25, -0.2) is 4.39 Å². The van der Waals surface area contributed by atoms with Crippen LogP contribution in [0.1, 0.15) is 17.3 Å². The summed E-state index contributed by atoms with van der Waals surface area (Å²) in [5.74, 6) is -0.00853. The molecule has 0 saturated carbocycles. The minimum Gasteiger partial charge on any atom is -0.495 e. The van der Waals surface area contributed by atoms with Crippen LogP contribution in [0.5, 0.6) is 5.75 Å². The number of anilines is 2. The average Bonchev–Trinajstić information content (AvgIpc) is 2.49. The Balaban J connectivity index is 2.32. The SMILES string of the molecule is CCN(C(=O)c1ccc(OC)c(N)c1)c1ccc(F)cc1. The largest absolute Gasteiger partial charge is 0.495 e. The second-order valence-corrected chi connectivity index (χ2v) is 4.48. The molecule has 0 aliphatic carbocycles. The quantitative estimate of drug-likeness (QED) is 0.880. The van der Waals surface area contributed by atoms with E-state index in [1.807, 2.05) is 6.92 Å². The highest BCUT2D eigenvalue weighted by Gasteiger charge is 2.17. The van der Waals surface area contributed by atoms with Crippen LogP contribution in [-0.4, -0.2) is 19.6 Å². The maximum absolute atomic E-state index is 13.0. The van der Waals surface area contributed by atoms with Crippen molar-refractivity contribution in [2.45, 2.75) is 6.92 Å². The summed E-state index contributed by atoms with van der Waals surface area (Å²) < 4.78 is 18.1. The summed E-state index contributed by atoms with van der Waals surface area (Å²) in [7, 11) is 1.52. The predicted octanol–water partition coefficient (Wildman–Crippen LogP) is 3.08. The molecule has 0 radical (unpaired) electrons. The number of carbonyl (C=O) groups is 1. The zero-order valence-corrected chi connectivity index (χ0v) is 12.0. The Morgan fingerprint density at radius 3 is 2.43 bits per heavy atom. The first-order valence-electron chi connectivity index (χ1n) is 6.57. The molecule has 0 aliphatic rings. The van der Waals surface area contributed by atoms with Crippen LogP contribution in [0.15, 0.2) is 42.5 Å². The molecule has 2 aromatic carbocycles. The maximum atomic E-state index is 13.0. The summed E-state index contributed by atoms with van der Waals surface area (Å²) in [6.07, 6.45) is 0. The Morgan fingerprint density at radius 2 is 1.90 bits per heavy atom. The van der Waals surface area contributed by atoms with Crippen LogP contribution < -0.4 is 15.4 Å². The second-order valence-electron chi connectivity index (χ2n) is 4.48. The van der Waals surface area contributed by atoms with Gasteiger partial charge in [0.15, 0.2) is 0 Å². The van der Waals surface area contributed by atoms with Gasteiger partial charge >= 0.3 is 0 Å². The lowest BCUT2D eigenvalue weighted by Crippen LogP contribution is -2.30. The van der Waals surface area contributed by atoms with Crippen molar-refractivity contribution < 1.29 is 13.9 Å². The molecule has 0 aliphatic heterocycles. The Labute approximate surface area is 122 Å². The van der Waals surface area contributed by atoms with Crippen LogP contribution in [0, 0.1) is 5.82 Å². The van der Waals surface area contributed by atoms with Gasteiger partial charge in [-0.15, -0.1) is 0 Å². The van der Waals surface area contributed by atoms with Crippen molar-refractivity contribution in [1.29, 1.82) is 0 Å². The van der Waals surface area contributed by atoms with Crippen molar-refractivity contribution in [3.05, 3.63) is 53.8 Å². The summed E-state index contributed by atoms with van der Waals surface area (Å²) in [4.78, 5) is 14.1. The van der Waals surface area contributed by atoms with E-state index in [9.17, 15) is 9.18 Å². The van der Waals surface area contributed by atoms with Gasteiger partial charge < -0.3 is 15.4 Å². The lowest BCUT2D eigenvalue weighted by Gasteiger charge is -2.21. The zero-order chi connectivity index (χ0) is 15.4. The van der Waals surface area contributed by atoms with Gasteiger partial charge in [-0.1, -0.05) is 0 Å². The first kappa shape index (κ1) is 14.8. The maximum Gasteiger partial charge on any atom is 0.258 e. The van der Waals surface area contributed by atoms with Gasteiger partial charge in [0.1, 0.15) is 11.6 Å². The average molecular weight is 288 g/mol. The number of amides is 1. The number of nitrogens with zero attached hydrogens (tertiary/aromatic N) is 1. The summed E-state index contributed by atoms with van der Waals surface area (Å²) in [5, 5.41) is 0. The molecule has 0 heterocycles. The Kier molecular flexibility index (Phi) is 4.42. The van der Waals surface area contributed by atoms with E-state index in [1.54, 1.807) is 35.2 Å². The Hall–Kier alpha value is -2.56. The van der Waals surface area contributed by atoms with Crippen LogP contribution in [0.25, 0.3) is 0 Å². The summed E-state index contributed by atoms with van der Waals surface area (Å²) in [6, 6.07) is 10.7. The number of benzene rings is 2. The minimum atomic E-state index is -0.337. The van der Waals surface area contributed by atoms with Crippen molar-refractivity contribution in [2.24, 2.45) is 0 Å². The molecule has 2 aromatic rings. The third-order valence-corrected chi connectivity index (χ3v) is 3.18. The van der Waals surface area contributed by atoms with Crippen LogP contribution >= 0.6 is 0 Å². The molecule has 110 valence electrons. The predicted molar refractivity (Wildman–Crippen MR) is 81.2 cm³/mol. The number of carbonyl (C=O) groups excluding carboxylic acids is 1. The Morgan fingerprint density at radius 1 is 1.24 bits per heavy atom. The fraction of sp³-hybridized carbons (Fsp3) is 0.188. The number of nitrogen functional groups attached to an aromatic ring is 1. The van der Waals surface area contributed by atoms with Gasteiger partial charge in [0, 0.05) is 17.8 Å². The molecule has 5 heteroatoms. The third-order valence-electron chi connectivity index (χ3n) is 3.18. The lowest BCUT2D eigenvalue weighted by molar-refractivity contribution is 0.0988. The van der Waals surface area contributed by atoms with Gasteiger partial charge in [0.25, 0.3) is 5.91 Å². The van der Waals surface area contributed by atoms with Crippen LogP contribution in [0.2, 0.25) is 0 Å². The molecule has 0 saturated heterocycles. The summed E-state index contributed by atoms with van der Waals surface area (Å²) in [6.45, 7) is 2.32. The van der Waals surface area contributed by atoms with E-state index in [4.69, 9.17) is 10.5 Å². The third kappa shape index (κ3) is 3.13. The molecule has 0 aromatic heterocycles. The van der Waals surface area contributed by atoms with Crippen LogP contribution in [-0.2, 0) is 0 Å². The number of hydrogen-bond acceptors (Lipinski definition) is 3. The molecule has 0 atom stereocenters. The highest BCUT2D eigenvalue weighted by Crippen LogP contribution is 2.24. The van der Waals surface area contributed by atoms with Crippen LogP contribution in [0.3, 0.4) is 0 Å². The fourth-order valence-electron chi connectivity index (χ4n) is 2.09. The molecule has 0 spiro atoms. The van der Waals surface area contributed by atoms with E-state index in [2.05, 4.69) is 0 Å². The minimum absolute atomic E-state index is 0.196. The van der Waals surface area contributed by atoms with Gasteiger partial charge in [-0.05, 0) is 49.4 Å². The number of halogens is 1. The second kappa shape index (κ2) is 6.26. The number of hydrogen-bond donors (Lipinski definition) is 1. The van der Waals surface area contributed by atoms with Gasteiger partial charge in [-0.2, -0.15) is 0 Å². The van der Waals surface area contributed by atoms with E-state index in [-0.39, 0.29) is 11.7 Å². The van der Waals surface area contributed by atoms with Crippen molar-refractivity contribution >= 4 is 17.3 Å². The molecule has 0 unspecified atom stereocenters. The molecular weight excluding hydrogens is 271 g/mol. The van der Waals surface area contributed by atoms with Crippen molar-refractivity contribution in [3.8, 4) is 5.75 Å². The number of methoxy groups -OCH3 is 1. The van der Waals surface area contributed by atoms with Gasteiger partial charge in [0.2, 0.25) is 0 Å².